The predicted octanol–water partition coefficient (Wildman–Crippen LogP) is 1.92. The summed E-state index contributed by atoms with van der Waals surface area (Å²) in [6, 6.07) is 2.36. The molecular weight excluding hydrogens is 200 g/mol. The van der Waals surface area contributed by atoms with Gasteiger partial charge in [0.05, 0.1) is 5.69 Å². The summed E-state index contributed by atoms with van der Waals surface area (Å²) in [4.78, 5) is 8.34. The predicted molar refractivity (Wildman–Crippen MR) is 68.4 cm³/mol. The van der Waals surface area contributed by atoms with Crippen LogP contribution in [0.5, 0.6) is 0 Å². The van der Waals surface area contributed by atoms with Crippen LogP contribution in [0.25, 0.3) is 6.08 Å². The van der Waals surface area contributed by atoms with E-state index in [1.807, 2.05) is 32.2 Å². The Bertz CT molecular complexity index is 336. The molecule has 0 bridgehead atoms. The summed E-state index contributed by atoms with van der Waals surface area (Å²) in [6.07, 6.45) is 6.59. The van der Waals surface area contributed by atoms with E-state index in [0.29, 0.717) is 6.04 Å². The van der Waals surface area contributed by atoms with Gasteiger partial charge in [-0.15, -0.1) is 0 Å². The highest BCUT2D eigenvalue weighted by Gasteiger charge is 2.02. The molecule has 0 amide bonds. The summed E-state index contributed by atoms with van der Waals surface area (Å²) >= 11 is 0. The van der Waals surface area contributed by atoms with Crippen LogP contribution in [0.15, 0.2) is 18.5 Å². The first-order valence-corrected chi connectivity index (χ1v) is 5.62. The second-order valence-corrected chi connectivity index (χ2v) is 3.77. The van der Waals surface area contributed by atoms with Gasteiger partial charge in [0.25, 0.3) is 0 Å². The maximum absolute atomic E-state index is 4.19. The number of anilines is 1. The maximum atomic E-state index is 4.19. The quantitative estimate of drug-likeness (QED) is 0.769. The Balaban J connectivity index is 2.55. The monoisotopic (exact) mass is 220 g/mol. The first-order chi connectivity index (χ1) is 7.76. The topological polar surface area (TPSA) is 49.8 Å². The second-order valence-electron chi connectivity index (χ2n) is 3.77. The number of rotatable bonds is 6. The number of nitrogens with zero attached hydrogens (tertiary/aromatic N) is 2. The molecule has 1 aromatic heterocycles. The fraction of sp³-hybridized carbons (Fsp3) is 0.500. The number of hydrogen-bond donors (Lipinski definition) is 2. The lowest BCUT2D eigenvalue weighted by molar-refractivity contribution is 0.654. The third kappa shape index (κ3) is 4.40. The Morgan fingerprint density at radius 3 is 2.94 bits per heavy atom. The van der Waals surface area contributed by atoms with Gasteiger partial charge in [-0.3, -0.25) is 0 Å². The fourth-order valence-electron chi connectivity index (χ4n) is 1.40. The summed E-state index contributed by atoms with van der Waals surface area (Å²) in [5.41, 5.74) is 0.931. The van der Waals surface area contributed by atoms with Crippen LogP contribution in [0.4, 0.5) is 5.82 Å². The van der Waals surface area contributed by atoms with Gasteiger partial charge >= 0.3 is 0 Å². The van der Waals surface area contributed by atoms with E-state index >= 15 is 0 Å². The molecule has 4 nitrogen and oxygen atoms in total. The van der Waals surface area contributed by atoms with Gasteiger partial charge in [-0.2, -0.15) is 0 Å². The summed E-state index contributed by atoms with van der Waals surface area (Å²) < 4.78 is 0. The lowest BCUT2D eigenvalue weighted by Crippen LogP contribution is -2.21. The molecule has 1 rings (SSSR count). The van der Waals surface area contributed by atoms with Gasteiger partial charge in [0.1, 0.15) is 12.1 Å². The number of aromatic nitrogens is 2. The van der Waals surface area contributed by atoms with Gasteiger partial charge in [0.15, 0.2) is 0 Å². The van der Waals surface area contributed by atoms with Crippen LogP contribution >= 0.6 is 0 Å². The molecule has 4 heteroatoms. The normalized spacial score (nSPS) is 12.9. The highest BCUT2D eigenvalue weighted by Crippen LogP contribution is 2.08. The van der Waals surface area contributed by atoms with Crippen LogP contribution in [-0.2, 0) is 0 Å². The van der Waals surface area contributed by atoms with Crippen molar-refractivity contribution in [1.82, 2.24) is 15.3 Å². The van der Waals surface area contributed by atoms with E-state index in [9.17, 15) is 0 Å². The molecule has 0 radical (unpaired) electrons. The summed E-state index contributed by atoms with van der Waals surface area (Å²) in [5, 5.41) is 6.48. The first kappa shape index (κ1) is 12.6. The van der Waals surface area contributed by atoms with E-state index in [2.05, 4.69) is 27.5 Å². The molecule has 0 aliphatic rings. The van der Waals surface area contributed by atoms with Crippen molar-refractivity contribution in [3.05, 3.63) is 24.2 Å². The maximum Gasteiger partial charge on any atom is 0.130 e. The smallest absolute Gasteiger partial charge is 0.130 e. The standard InChI is InChI=1S/C12H20N4/c1-4-5-11-8-12(15-9-14-11)16-10(2)6-7-13-3/h4-5,8-10,13H,6-7H2,1-3H3,(H,14,15,16)/b5-4-. The highest BCUT2D eigenvalue weighted by molar-refractivity contribution is 5.49. The summed E-state index contributed by atoms with van der Waals surface area (Å²) in [5.74, 6) is 0.881. The Kier molecular flexibility index (Phi) is 5.50. The van der Waals surface area contributed by atoms with E-state index in [1.54, 1.807) is 6.33 Å². The first-order valence-electron chi connectivity index (χ1n) is 5.62. The molecule has 1 aromatic rings. The molecule has 0 aliphatic heterocycles. The van der Waals surface area contributed by atoms with Gasteiger partial charge in [-0.1, -0.05) is 6.08 Å². The van der Waals surface area contributed by atoms with E-state index < -0.39 is 0 Å². The molecule has 2 N–H and O–H groups in total. The Morgan fingerprint density at radius 2 is 2.25 bits per heavy atom. The summed E-state index contributed by atoms with van der Waals surface area (Å²) in [6.45, 7) is 5.13. The number of allylic oxidation sites excluding steroid dienone is 1. The molecule has 0 spiro atoms. The van der Waals surface area contributed by atoms with Crippen LogP contribution in [-0.4, -0.2) is 29.6 Å². The largest absolute Gasteiger partial charge is 0.367 e. The molecule has 16 heavy (non-hydrogen) atoms. The summed E-state index contributed by atoms with van der Waals surface area (Å²) in [7, 11) is 1.96. The van der Waals surface area contributed by atoms with Crippen molar-refractivity contribution >= 4 is 11.9 Å². The third-order valence-corrected chi connectivity index (χ3v) is 2.25. The van der Waals surface area contributed by atoms with Crippen LogP contribution in [0.2, 0.25) is 0 Å². The van der Waals surface area contributed by atoms with Crippen molar-refractivity contribution in [2.24, 2.45) is 0 Å². The molecule has 0 saturated heterocycles. The van der Waals surface area contributed by atoms with E-state index in [-0.39, 0.29) is 0 Å². The Hall–Kier alpha value is -1.42. The van der Waals surface area contributed by atoms with Crippen molar-refractivity contribution < 1.29 is 0 Å². The van der Waals surface area contributed by atoms with Gasteiger partial charge in [-0.05, 0) is 39.9 Å². The van der Waals surface area contributed by atoms with Gasteiger partial charge in [0, 0.05) is 12.1 Å². The van der Waals surface area contributed by atoms with Gasteiger partial charge in [0.2, 0.25) is 0 Å². The average Bonchev–Trinajstić information content (AvgIpc) is 2.27. The molecular formula is C12H20N4. The molecule has 0 fully saturated rings. The van der Waals surface area contributed by atoms with Crippen molar-refractivity contribution in [3.63, 3.8) is 0 Å². The highest BCUT2D eigenvalue weighted by atomic mass is 15.0. The molecule has 1 unspecified atom stereocenters. The SMILES string of the molecule is C/C=C\c1cc(NC(C)CCNC)ncn1. The van der Waals surface area contributed by atoms with Gasteiger partial charge < -0.3 is 10.6 Å². The Morgan fingerprint density at radius 1 is 1.44 bits per heavy atom. The zero-order chi connectivity index (χ0) is 11.8. The molecule has 1 atom stereocenters. The minimum atomic E-state index is 0.404. The van der Waals surface area contributed by atoms with Crippen molar-refractivity contribution in [1.29, 1.82) is 0 Å². The van der Waals surface area contributed by atoms with E-state index in [0.717, 1.165) is 24.5 Å². The van der Waals surface area contributed by atoms with Crippen molar-refractivity contribution in [2.75, 3.05) is 18.9 Å². The Labute approximate surface area is 97.2 Å². The van der Waals surface area contributed by atoms with Crippen molar-refractivity contribution in [3.8, 4) is 0 Å². The second kappa shape index (κ2) is 6.95. The zero-order valence-electron chi connectivity index (χ0n) is 10.2. The average molecular weight is 220 g/mol. The number of hydrogen-bond acceptors (Lipinski definition) is 4. The zero-order valence-corrected chi connectivity index (χ0v) is 10.2. The number of nitrogens with one attached hydrogen (secondary N) is 2. The van der Waals surface area contributed by atoms with Crippen LogP contribution in [0.1, 0.15) is 26.0 Å². The molecule has 1 heterocycles. The van der Waals surface area contributed by atoms with Crippen LogP contribution in [0, 0.1) is 0 Å². The minimum Gasteiger partial charge on any atom is -0.367 e. The van der Waals surface area contributed by atoms with E-state index in [1.165, 1.54) is 0 Å². The molecule has 0 aliphatic carbocycles. The fourth-order valence-corrected chi connectivity index (χ4v) is 1.40. The lowest BCUT2D eigenvalue weighted by atomic mass is 10.2. The minimum absolute atomic E-state index is 0.404. The third-order valence-electron chi connectivity index (χ3n) is 2.25. The molecule has 0 aromatic carbocycles. The molecule has 88 valence electrons. The van der Waals surface area contributed by atoms with Crippen molar-refractivity contribution in [2.45, 2.75) is 26.3 Å². The van der Waals surface area contributed by atoms with Gasteiger partial charge in [-0.25, -0.2) is 9.97 Å². The lowest BCUT2D eigenvalue weighted by Gasteiger charge is -2.13. The van der Waals surface area contributed by atoms with E-state index in [4.69, 9.17) is 0 Å². The molecule has 0 saturated carbocycles. The van der Waals surface area contributed by atoms with Crippen LogP contribution in [0.3, 0.4) is 0 Å². The van der Waals surface area contributed by atoms with Crippen LogP contribution < -0.4 is 10.6 Å².